The third-order valence-corrected chi connectivity index (χ3v) is 13.7. The molecule has 9 heterocycles. The lowest BCUT2D eigenvalue weighted by atomic mass is 9.95. The first-order chi connectivity index (χ1) is 30.6. The van der Waals surface area contributed by atoms with Crippen molar-refractivity contribution in [2.45, 2.75) is 64.2 Å². The highest BCUT2D eigenvalue weighted by atomic mass is 19.1. The van der Waals surface area contributed by atoms with Crippen LogP contribution in [0, 0.1) is 18.7 Å². The van der Waals surface area contributed by atoms with Crippen LogP contribution in [-0.2, 0) is 33.9 Å². The summed E-state index contributed by atoms with van der Waals surface area (Å²) in [7, 11) is 0. The maximum absolute atomic E-state index is 15.5. The number of fused-ring (bicyclic) bond motifs is 4. The highest BCUT2D eigenvalue weighted by molar-refractivity contribution is 6.05. The van der Waals surface area contributed by atoms with E-state index in [9.17, 15) is 19.2 Å². The van der Waals surface area contributed by atoms with E-state index >= 15 is 4.39 Å². The van der Waals surface area contributed by atoms with Crippen LogP contribution in [-0.4, -0.2) is 123 Å². The number of carbonyl (C=O) groups is 4. The first kappa shape index (κ1) is 39.2. The van der Waals surface area contributed by atoms with Crippen LogP contribution in [0.1, 0.15) is 52.9 Å². The molecule has 6 aliphatic heterocycles. The summed E-state index contributed by atoms with van der Waals surface area (Å²) in [6.45, 7) is 9.13. The zero-order valence-corrected chi connectivity index (χ0v) is 35.0. The Morgan fingerprint density at radius 2 is 1.71 bits per heavy atom. The Labute approximate surface area is 362 Å². The Hall–Kier alpha value is -6.62. The van der Waals surface area contributed by atoms with Gasteiger partial charge in [-0.25, -0.2) is 14.4 Å². The van der Waals surface area contributed by atoms with E-state index < -0.39 is 11.9 Å². The minimum atomic E-state index is -0.613. The summed E-state index contributed by atoms with van der Waals surface area (Å²) in [6, 6.07) is 12.7. The number of hydrogen-bond donors (Lipinski definition) is 3. The molecule has 3 saturated heterocycles. The van der Waals surface area contributed by atoms with Crippen LogP contribution < -0.4 is 25.6 Å². The van der Waals surface area contributed by atoms with Crippen LogP contribution >= 0.6 is 0 Å². The van der Waals surface area contributed by atoms with Gasteiger partial charge < -0.3 is 35.0 Å². The molecule has 3 fully saturated rings. The number of rotatable bonds is 8. The van der Waals surface area contributed by atoms with Gasteiger partial charge in [0.2, 0.25) is 23.6 Å². The predicted octanol–water partition coefficient (Wildman–Crippen LogP) is 4.24. The lowest BCUT2D eigenvalue weighted by Gasteiger charge is -2.45. The van der Waals surface area contributed by atoms with Gasteiger partial charge >= 0.3 is 0 Å². The molecule has 1 unspecified atom stereocenters. The summed E-state index contributed by atoms with van der Waals surface area (Å²) in [4.78, 5) is 68.4. The SMILES string of the molecule is Cc1c(-c2cc3cc(Nc4cc5n(n4)CC(=O)N(C4CCN(CC6CN(c7ccc8c(c7)CN(C7CCC(=O)NC7=O)C8=O)C6)CC4)CC5)ncc3cc2F)cnc2c1NCCO2. The molecule has 0 saturated carbocycles. The largest absolute Gasteiger partial charge is 0.474 e. The lowest BCUT2D eigenvalue weighted by Crippen LogP contribution is -2.54. The molecule has 63 heavy (non-hydrogen) atoms. The Morgan fingerprint density at radius 1 is 0.857 bits per heavy atom. The number of carbonyl (C=O) groups excluding carboxylic acids is 4. The molecule has 4 amide bonds. The Morgan fingerprint density at radius 3 is 2.56 bits per heavy atom. The van der Waals surface area contributed by atoms with Gasteiger partial charge in [-0.1, -0.05) is 0 Å². The third kappa shape index (κ3) is 7.26. The number of nitrogens with one attached hydrogen (secondary N) is 3. The van der Waals surface area contributed by atoms with E-state index in [1.807, 2.05) is 37.3 Å². The van der Waals surface area contributed by atoms with Gasteiger partial charge in [-0.15, -0.1) is 0 Å². The first-order valence-corrected chi connectivity index (χ1v) is 22.0. The van der Waals surface area contributed by atoms with Gasteiger partial charge in [0.1, 0.15) is 36.5 Å². The summed E-state index contributed by atoms with van der Waals surface area (Å²) < 4.78 is 22.9. The van der Waals surface area contributed by atoms with Crippen molar-refractivity contribution in [1.29, 1.82) is 0 Å². The van der Waals surface area contributed by atoms with E-state index in [1.165, 1.54) is 6.07 Å². The van der Waals surface area contributed by atoms with E-state index in [4.69, 9.17) is 9.84 Å². The zero-order valence-electron chi connectivity index (χ0n) is 35.0. The average Bonchev–Trinajstić information content (AvgIpc) is 3.75. The van der Waals surface area contributed by atoms with Gasteiger partial charge in [0.05, 0.1) is 0 Å². The number of pyridine rings is 2. The van der Waals surface area contributed by atoms with Crippen molar-refractivity contribution in [3.8, 4) is 17.0 Å². The second-order valence-electron chi connectivity index (χ2n) is 17.7. The van der Waals surface area contributed by atoms with Crippen LogP contribution in [0.2, 0.25) is 0 Å². The maximum Gasteiger partial charge on any atom is 0.255 e. The first-order valence-electron chi connectivity index (χ1n) is 22.0. The normalized spacial score (nSPS) is 20.7. The molecule has 0 radical (unpaired) electrons. The van der Waals surface area contributed by atoms with Crippen molar-refractivity contribution >= 4 is 57.4 Å². The molecule has 11 rings (SSSR count). The highest BCUT2D eigenvalue weighted by Crippen LogP contribution is 2.38. The summed E-state index contributed by atoms with van der Waals surface area (Å²) in [5.74, 6) is 1.14. The number of amides is 4. The molecule has 17 heteroatoms. The molecule has 0 aliphatic carbocycles. The molecule has 324 valence electrons. The van der Waals surface area contributed by atoms with Crippen molar-refractivity contribution < 1.29 is 28.3 Å². The lowest BCUT2D eigenvalue weighted by molar-refractivity contribution is -0.137. The number of ether oxygens (including phenoxy) is 1. The van der Waals surface area contributed by atoms with Crippen LogP contribution in [0.25, 0.3) is 21.9 Å². The summed E-state index contributed by atoms with van der Waals surface area (Å²) in [5.41, 5.74) is 6.43. The summed E-state index contributed by atoms with van der Waals surface area (Å²) in [5, 5.41) is 15.3. The molecule has 3 N–H and O–H groups in total. The van der Waals surface area contributed by atoms with E-state index in [-0.39, 0.29) is 42.5 Å². The average molecular weight is 854 g/mol. The number of benzene rings is 2. The van der Waals surface area contributed by atoms with Gasteiger partial charge in [-0.3, -0.25) is 29.2 Å². The van der Waals surface area contributed by atoms with Gasteiger partial charge in [-0.2, -0.15) is 5.10 Å². The van der Waals surface area contributed by atoms with Crippen molar-refractivity contribution in [2.75, 3.05) is 68.0 Å². The Bertz CT molecular complexity index is 2710. The predicted molar refractivity (Wildman–Crippen MR) is 232 cm³/mol. The van der Waals surface area contributed by atoms with Crippen LogP contribution in [0.15, 0.2) is 54.9 Å². The molecular formula is C46H48FN11O5. The van der Waals surface area contributed by atoms with Crippen LogP contribution in [0.5, 0.6) is 5.88 Å². The van der Waals surface area contributed by atoms with Gasteiger partial charge in [0, 0.05) is 129 Å². The quantitative estimate of drug-likeness (QED) is 0.190. The van der Waals surface area contributed by atoms with E-state index in [0.717, 1.165) is 79.1 Å². The number of aromatic nitrogens is 4. The monoisotopic (exact) mass is 853 g/mol. The number of halogens is 1. The topological polar surface area (TPSA) is 170 Å². The maximum atomic E-state index is 15.5. The fraction of sp³-hybridized carbons (Fsp3) is 0.413. The van der Waals surface area contributed by atoms with Crippen LogP contribution in [0.3, 0.4) is 0 Å². The second-order valence-corrected chi connectivity index (χ2v) is 17.7. The summed E-state index contributed by atoms with van der Waals surface area (Å²) >= 11 is 0. The molecule has 1 atom stereocenters. The number of imide groups is 1. The van der Waals surface area contributed by atoms with E-state index in [1.54, 1.807) is 22.0 Å². The zero-order chi connectivity index (χ0) is 42.9. The van der Waals surface area contributed by atoms with E-state index in [2.05, 4.69) is 46.7 Å². The minimum absolute atomic E-state index is 0.0832. The fourth-order valence-corrected chi connectivity index (χ4v) is 10.3. The molecule has 16 nitrogen and oxygen atoms in total. The fourth-order valence-electron chi connectivity index (χ4n) is 10.3. The molecule has 0 spiro atoms. The van der Waals surface area contributed by atoms with Crippen molar-refractivity contribution in [3.05, 3.63) is 83.1 Å². The van der Waals surface area contributed by atoms with Crippen molar-refractivity contribution in [3.63, 3.8) is 0 Å². The summed E-state index contributed by atoms with van der Waals surface area (Å²) in [6.07, 6.45) is 6.48. The highest BCUT2D eigenvalue weighted by Gasteiger charge is 2.40. The van der Waals surface area contributed by atoms with Gasteiger partial charge in [-0.05, 0) is 79.1 Å². The molecule has 0 bridgehead atoms. The van der Waals surface area contributed by atoms with Crippen LogP contribution in [0.4, 0.5) is 27.4 Å². The minimum Gasteiger partial charge on any atom is -0.474 e. The molecule has 5 aromatic rings. The molecular weight excluding hydrogens is 806 g/mol. The number of hydrogen-bond acceptors (Lipinski definition) is 12. The second kappa shape index (κ2) is 15.6. The van der Waals surface area contributed by atoms with E-state index in [0.29, 0.717) is 84.6 Å². The molecule has 3 aromatic heterocycles. The molecule has 6 aliphatic rings. The Balaban J connectivity index is 0.667. The van der Waals surface area contributed by atoms with Gasteiger partial charge in [0.25, 0.3) is 5.91 Å². The van der Waals surface area contributed by atoms with Crippen molar-refractivity contribution in [1.82, 2.24) is 39.8 Å². The van der Waals surface area contributed by atoms with Crippen molar-refractivity contribution in [2.24, 2.45) is 5.92 Å². The number of likely N-dealkylation sites (tertiary alicyclic amines) is 1. The third-order valence-electron chi connectivity index (χ3n) is 13.7. The number of piperidine rings is 2. The standard InChI is InChI=1S/C46H48FN11O5/c1-26-36(20-50-45-43(26)48-9-13-63-45)35-15-28-17-39(49-19-29(28)16-37(35)47)51-40-18-33-8-12-56(42(60)25-58(33)53-40)31-6-10-54(11-7-31)21-27-22-55(23-27)32-2-3-34-30(14-32)24-57(46(34)62)38-4-5-41(59)52-44(38)61/h2-3,14-20,27,31,38,48H,4-13,21-25H2,1H3,(H,49,51,53)(H,52,59,61). The smallest absolute Gasteiger partial charge is 0.255 e. The Kier molecular flexibility index (Phi) is 9.73. The number of anilines is 4. The van der Waals surface area contributed by atoms with Gasteiger partial charge in [0.15, 0.2) is 5.82 Å². The molecule has 2 aromatic carbocycles. The number of nitrogens with zero attached hydrogens (tertiary/aromatic N) is 8.